The lowest BCUT2D eigenvalue weighted by Crippen LogP contribution is -2.42. The van der Waals surface area contributed by atoms with Crippen molar-refractivity contribution in [3.63, 3.8) is 0 Å². The van der Waals surface area contributed by atoms with Gasteiger partial charge in [0, 0.05) is 18.6 Å². The van der Waals surface area contributed by atoms with Crippen molar-refractivity contribution in [3.05, 3.63) is 21.9 Å². The van der Waals surface area contributed by atoms with Gasteiger partial charge in [-0.1, -0.05) is 6.92 Å². The molecule has 0 aromatic carbocycles. The van der Waals surface area contributed by atoms with Crippen molar-refractivity contribution in [2.75, 3.05) is 13.1 Å². The minimum Gasteiger partial charge on any atom is -0.331 e. The SMILES string of the molecule is CCc1ccsc1C(=O)N1C2CCNCC1CC2. The van der Waals surface area contributed by atoms with Crippen molar-refractivity contribution in [1.29, 1.82) is 0 Å². The van der Waals surface area contributed by atoms with E-state index in [0.29, 0.717) is 12.1 Å². The van der Waals surface area contributed by atoms with Crippen molar-refractivity contribution in [2.45, 2.75) is 44.7 Å². The summed E-state index contributed by atoms with van der Waals surface area (Å²) >= 11 is 1.60. The van der Waals surface area contributed by atoms with Gasteiger partial charge in [0.05, 0.1) is 4.88 Å². The highest BCUT2D eigenvalue weighted by molar-refractivity contribution is 7.12. The van der Waals surface area contributed by atoms with E-state index in [1.165, 1.54) is 12.0 Å². The summed E-state index contributed by atoms with van der Waals surface area (Å²) in [5.41, 5.74) is 1.21. The van der Waals surface area contributed by atoms with E-state index in [4.69, 9.17) is 0 Å². The number of amides is 1. The lowest BCUT2D eigenvalue weighted by Gasteiger charge is -2.27. The van der Waals surface area contributed by atoms with Crippen LogP contribution in [0.2, 0.25) is 0 Å². The second kappa shape index (κ2) is 5.02. The number of thiophene rings is 1. The molecule has 4 heteroatoms. The van der Waals surface area contributed by atoms with E-state index >= 15 is 0 Å². The second-order valence-corrected chi connectivity index (χ2v) is 6.13. The summed E-state index contributed by atoms with van der Waals surface area (Å²) < 4.78 is 0. The molecule has 2 aliphatic rings. The summed E-state index contributed by atoms with van der Waals surface area (Å²) in [6.07, 6.45) is 4.40. The fraction of sp³-hybridized carbons (Fsp3) is 0.643. The zero-order chi connectivity index (χ0) is 12.5. The maximum absolute atomic E-state index is 12.8. The third kappa shape index (κ3) is 1.97. The van der Waals surface area contributed by atoms with E-state index in [-0.39, 0.29) is 5.91 Å². The molecular formula is C14H20N2OS. The standard InChI is InChI=1S/C14H20N2OS/c1-2-10-6-8-18-13(10)14(17)16-11-3-4-12(16)9-15-7-5-11/h6,8,11-12,15H,2-5,7,9H2,1H3. The van der Waals surface area contributed by atoms with Crippen molar-refractivity contribution in [3.8, 4) is 0 Å². The Bertz CT molecular complexity index is 429. The zero-order valence-corrected chi connectivity index (χ0v) is 11.6. The summed E-state index contributed by atoms with van der Waals surface area (Å²) in [7, 11) is 0. The number of rotatable bonds is 2. The molecule has 1 N–H and O–H groups in total. The van der Waals surface area contributed by atoms with Crippen LogP contribution >= 0.6 is 11.3 Å². The monoisotopic (exact) mass is 264 g/mol. The molecule has 0 radical (unpaired) electrons. The average molecular weight is 264 g/mol. The number of hydrogen-bond acceptors (Lipinski definition) is 3. The van der Waals surface area contributed by atoms with E-state index in [2.05, 4.69) is 23.2 Å². The molecule has 0 spiro atoms. The van der Waals surface area contributed by atoms with Crippen molar-refractivity contribution < 1.29 is 4.79 Å². The van der Waals surface area contributed by atoms with Crippen molar-refractivity contribution in [1.82, 2.24) is 10.2 Å². The molecule has 0 aliphatic carbocycles. The first-order chi connectivity index (χ1) is 8.81. The highest BCUT2D eigenvalue weighted by Gasteiger charge is 2.39. The molecule has 2 unspecified atom stereocenters. The number of carbonyl (C=O) groups excluding carboxylic acids is 1. The molecule has 1 aromatic rings. The summed E-state index contributed by atoms with van der Waals surface area (Å²) in [5.74, 6) is 0.276. The summed E-state index contributed by atoms with van der Waals surface area (Å²) in [5, 5.41) is 5.49. The van der Waals surface area contributed by atoms with Crippen LogP contribution in [0.4, 0.5) is 0 Å². The van der Waals surface area contributed by atoms with Gasteiger partial charge in [-0.15, -0.1) is 11.3 Å². The van der Waals surface area contributed by atoms with E-state index in [1.54, 1.807) is 11.3 Å². The van der Waals surface area contributed by atoms with Gasteiger partial charge in [-0.3, -0.25) is 4.79 Å². The van der Waals surface area contributed by atoms with Gasteiger partial charge in [0.2, 0.25) is 0 Å². The second-order valence-electron chi connectivity index (χ2n) is 5.22. The van der Waals surface area contributed by atoms with Crippen LogP contribution in [0.1, 0.15) is 41.4 Å². The first-order valence-corrected chi connectivity index (χ1v) is 7.79. The molecule has 3 heterocycles. The Morgan fingerprint density at radius 1 is 1.44 bits per heavy atom. The predicted octanol–water partition coefficient (Wildman–Crippen LogP) is 2.28. The maximum atomic E-state index is 12.8. The molecule has 98 valence electrons. The van der Waals surface area contributed by atoms with Crippen molar-refractivity contribution in [2.24, 2.45) is 0 Å². The molecule has 2 fully saturated rings. The number of nitrogens with one attached hydrogen (secondary N) is 1. The highest BCUT2D eigenvalue weighted by Crippen LogP contribution is 2.31. The molecule has 18 heavy (non-hydrogen) atoms. The van der Waals surface area contributed by atoms with Crippen LogP contribution in [0, 0.1) is 0 Å². The van der Waals surface area contributed by atoms with Gasteiger partial charge in [0.1, 0.15) is 0 Å². The van der Waals surface area contributed by atoms with E-state index < -0.39 is 0 Å². The molecule has 2 saturated heterocycles. The predicted molar refractivity (Wildman–Crippen MR) is 74.2 cm³/mol. The summed E-state index contributed by atoms with van der Waals surface area (Å²) in [6, 6.07) is 2.97. The number of fused-ring (bicyclic) bond motifs is 2. The first kappa shape index (κ1) is 12.2. The molecular weight excluding hydrogens is 244 g/mol. The largest absolute Gasteiger partial charge is 0.331 e. The molecule has 1 aromatic heterocycles. The van der Waals surface area contributed by atoms with Crippen LogP contribution in [-0.2, 0) is 6.42 Å². The third-order valence-electron chi connectivity index (χ3n) is 4.21. The van der Waals surface area contributed by atoms with Crippen LogP contribution in [0.5, 0.6) is 0 Å². The van der Waals surface area contributed by atoms with Crippen LogP contribution < -0.4 is 5.32 Å². The topological polar surface area (TPSA) is 32.3 Å². The number of aryl methyl sites for hydroxylation is 1. The average Bonchev–Trinajstić information content (AvgIpc) is 2.91. The molecule has 2 bridgehead atoms. The number of nitrogens with zero attached hydrogens (tertiary/aromatic N) is 1. The zero-order valence-electron chi connectivity index (χ0n) is 10.8. The van der Waals surface area contributed by atoms with Crippen LogP contribution in [-0.4, -0.2) is 36.0 Å². The molecule has 3 rings (SSSR count). The van der Waals surface area contributed by atoms with Gasteiger partial charge in [-0.2, -0.15) is 0 Å². The Morgan fingerprint density at radius 3 is 3.11 bits per heavy atom. The van der Waals surface area contributed by atoms with Crippen molar-refractivity contribution >= 4 is 17.2 Å². The molecule has 2 aliphatic heterocycles. The van der Waals surface area contributed by atoms with Crippen LogP contribution in [0.25, 0.3) is 0 Å². The van der Waals surface area contributed by atoms with Gasteiger partial charge >= 0.3 is 0 Å². The third-order valence-corrected chi connectivity index (χ3v) is 5.16. The Hall–Kier alpha value is -0.870. The van der Waals surface area contributed by atoms with Gasteiger partial charge < -0.3 is 10.2 Å². The first-order valence-electron chi connectivity index (χ1n) is 6.91. The van der Waals surface area contributed by atoms with E-state index in [1.807, 2.05) is 5.38 Å². The Morgan fingerprint density at radius 2 is 2.28 bits per heavy atom. The van der Waals surface area contributed by atoms with Gasteiger partial charge in [-0.05, 0) is 49.2 Å². The lowest BCUT2D eigenvalue weighted by molar-refractivity contribution is 0.0684. The molecule has 1 amide bonds. The van der Waals surface area contributed by atoms with E-state index in [0.717, 1.165) is 37.2 Å². The van der Waals surface area contributed by atoms with Gasteiger partial charge in [0.15, 0.2) is 0 Å². The minimum atomic E-state index is 0.276. The Balaban J connectivity index is 1.87. The smallest absolute Gasteiger partial charge is 0.264 e. The van der Waals surface area contributed by atoms with E-state index in [9.17, 15) is 4.79 Å². The molecule has 0 saturated carbocycles. The summed E-state index contributed by atoms with van der Waals surface area (Å²) in [6.45, 7) is 4.14. The molecule has 2 atom stereocenters. The maximum Gasteiger partial charge on any atom is 0.264 e. The highest BCUT2D eigenvalue weighted by atomic mass is 32.1. The summed E-state index contributed by atoms with van der Waals surface area (Å²) in [4.78, 5) is 15.9. The van der Waals surface area contributed by atoms with Gasteiger partial charge in [0.25, 0.3) is 5.91 Å². The minimum absolute atomic E-state index is 0.276. The molecule has 3 nitrogen and oxygen atoms in total. The fourth-order valence-corrected chi connectivity index (χ4v) is 4.17. The van der Waals surface area contributed by atoms with Crippen LogP contribution in [0.15, 0.2) is 11.4 Å². The normalized spacial score (nSPS) is 27.3. The number of carbonyl (C=O) groups is 1. The van der Waals surface area contributed by atoms with Crippen LogP contribution in [0.3, 0.4) is 0 Å². The lowest BCUT2D eigenvalue weighted by atomic mass is 10.1. The quantitative estimate of drug-likeness (QED) is 0.889. The number of hydrogen-bond donors (Lipinski definition) is 1. The van der Waals surface area contributed by atoms with Gasteiger partial charge in [-0.25, -0.2) is 0 Å². The Kier molecular flexibility index (Phi) is 3.39. The Labute approximate surface area is 112 Å². The fourth-order valence-electron chi connectivity index (χ4n) is 3.23.